The van der Waals surface area contributed by atoms with Gasteiger partial charge in [0.15, 0.2) is 11.5 Å². The summed E-state index contributed by atoms with van der Waals surface area (Å²) in [7, 11) is 0. The van der Waals surface area contributed by atoms with Crippen molar-refractivity contribution in [3.8, 4) is 17.2 Å². The third kappa shape index (κ3) is 5.60. The first-order valence-corrected chi connectivity index (χ1v) is 9.10. The summed E-state index contributed by atoms with van der Waals surface area (Å²) in [4.78, 5) is 22.8. The van der Waals surface area contributed by atoms with Crippen LogP contribution in [0.15, 0.2) is 36.4 Å². The number of nitrogens with one attached hydrogen (secondary N) is 1. The van der Waals surface area contributed by atoms with E-state index in [2.05, 4.69) is 5.32 Å². The zero-order chi connectivity index (χ0) is 20.5. The van der Waals surface area contributed by atoms with Crippen LogP contribution in [0.5, 0.6) is 17.2 Å². The van der Waals surface area contributed by atoms with E-state index in [1.807, 2.05) is 13.8 Å². The first-order valence-electron chi connectivity index (χ1n) is 9.10. The second-order valence-corrected chi connectivity index (χ2v) is 6.11. The second-order valence-electron chi connectivity index (χ2n) is 6.11. The molecule has 0 atom stereocenters. The van der Waals surface area contributed by atoms with Crippen LogP contribution in [0.2, 0.25) is 0 Å². The summed E-state index contributed by atoms with van der Waals surface area (Å²) in [6, 6.07) is 8.56. The fourth-order valence-corrected chi connectivity index (χ4v) is 2.41. The number of phenols is 1. The van der Waals surface area contributed by atoms with Crippen molar-refractivity contribution in [1.29, 1.82) is 0 Å². The van der Waals surface area contributed by atoms with Gasteiger partial charge >= 0.3 is 0 Å². The molecule has 2 aromatic carbocycles. The Kier molecular flexibility index (Phi) is 7.62. The molecule has 0 heterocycles. The Morgan fingerprint density at radius 2 is 1.75 bits per heavy atom. The molecule has 0 bridgehead atoms. The van der Waals surface area contributed by atoms with Gasteiger partial charge in [-0.25, -0.2) is 0 Å². The smallest absolute Gasteiger partial charge is 0.270 e. The molecule has 0 aliphatic carbocycles. The molecule has 0 saturated carbocycles. The molecule has 0 aromatic heterocycles. The molecule has 0 saturated heterocycles. The molecule has 2 aromatic rings. The van der Waals surface area contributed by atoms with Crippen molar-refractivity contribution in [2.45, 2.75) is 33.2 Å². The lowest BCUT2D eigenvalue weighted by Gasteiger charge is -2.14. The maximum absolute atomic E-state index is 12.5. The molecule has 0 fully saturated rings. The highest BCUT2D eigenvalue weighted by Gasteiger charge is 2.14. The van der Waals surface area contributed by atoms with E-state index in [0.717, 1.165) is 12.8 Å². The molecule has 0 aliphatic rings. The van der Waals surface area contributed by atoms with Crippen molar-refractivity contribution in [3.63, 3.8) is 0 Å². The third-order valence-corrected chi connectivity index (χ3v) is 3.84. The Labute approximate surface area is 163 Å². The first kappa shape index (κ1) is 21.0. The molecule has 8 heteroatoms. The number of amides is 1. The number of aromatic hydroxyl groups is 1. The standard InChI is InChI=1S/C20H24N2O6/c1-3-9-27-18-8-5-14(12-19(18)28-10-4-2)20(24)21-13-15-11-16(22(25)26)6-7-17(15)23/h5-8,11-12,23H,3-4,9-10,13H2,1-2H3,(H,21,24). The molecule has 8 nitrogen and oxygen atoms in total. The predicted octanol–water partition coefficient (Wildman–Crippen LogP) is 3.81. The number of nitro benzene ring substituents is 1. The highest BCUT2D eigenvalue weighted by molar-refractivity contribution is 5.94. The average Bonchev–Trinajstić information content (AvgIpc) is 2.69. The van der Waals surface area contributed by atoms with Gasteiger partial charge in [-0.15, -0.1) is 0 Å². The van der Waals surface area contributed by atoms with Gasteiger partial charge in [0.2, 0.25) is 0 Å². The van der Waals surface area contributed by atoms with Crippen molar-refractivity contribution in [1.82, 2.24) is 5.32 Å². The number of non-ortho nitro benzene ring substituents is 1. The Morgan fingerprint density at radius 1 is 1.07 bits per heavy atom. The Bertz CT molecular complexity index is 837. The maximum Gasteiger partial charge on any atom is 0.270 e. The van der Waals surface area contributed by atoms with Gasteiger partial charge in [-0.3, -0.25) is 14.9 Å². The number of ether oxygens (including phenoxy) is 2. The Balaban J connectivity index is 2.13. The third-order valence-electron chi connectivity index (χ3n) is 3.84. The summed E-state index contributed by atoms with van der Waals surface area (Å²) in [6.07, 6.45) is 1.66. The van der Waals surface area contributed by atoms with E-state index in [0.29, 0.717) is 30.3 Å². The van der Waals surface area contributed by atoms with E-state index in [9.17, 15) is 20.0 Å². The van der Waals surface area contributed by atoms with Crippen LogP contribution in [0.4, 0.5) is 5.69 Å². The number of nitrogens with zero attached hydrogens (tertiary/aromatic N) is 1. The van der Waals surface area contributed by atoms with Crippen molar-refractivity contribution >= 4 is 11.6 Å². The van der Waals surface area contributed by atoms with E-state index >= 15 is 0 Å². The Hall–Kier alpha value is -3.29. The normalized spacial score (nSPS) is 10.4. The van der Waals surface area contributed by atoms with Crippen LogP contribution in [0.25, 0.3) is 0 Å². The van der Waals surface area contributed by atoms with Gasteiger partial charge < -0.3 is 19.9 Å². The van der Waals surface area contributed by atoms with Crippen molar-refractivity contribution in [2.24, 2.45) is 0 Å². The van der Waals surface area contributed by atoms with E-state index < -0.39 is 10.8 Å². The highest BCUT2D eigenvalue weighted by atomic mass is 16.6. The SMILES string of the molecule is CCCOc1ccc(C(=O)NCc2cc([N+](=O)[O-])ccc2O)cc1OCCC. The van der Waals surface area contributed by atoms with Crippen LogP contribution in [0.3, 0.4) is 0 Å². The molecule has 2 rings (SSSR count). The monoisotopic (exact) mass is 388 g/mol. The van der Waals surface area contributed by atoms with Gasteiger partial charge in [0.1, 0.15) is 5.75 Å². The largest absolute Gasteiger partial charge is 0.508 e. The number of benzene rings is 2. The van der Waals surface area contributed by atoms with Gasteiger partial charge in [0, 0.05) is 29.8 Å². The number of carbonyl (C=O) groups excluding carboxylic acids is 1. The number of rotatable bonds is 10. The van der Waals surface area contributed by atoms with Crippen LogP contribution in [0.1, 0.15) is 42.6 Å². The van der Waals surface area contributed by atoms with Crippen molar-refractivity contribution < 1.29 is 24.3 Å². The van der Waals surface area contributed by atoms with Crippen LogP contribution in [-0.2, 0) is 6.54 Å². The molecule has 150 valence electrons. The summed E-state index contributed by atoms with van der Waals surface area (Å²) < 4.78 is 11.3. The topological polar surface area (TPSA) is 111 Å². The molecule has 0 spiro atoms. The summed E-state index contributed by atoms with van der Waals surface area (Å²) in [5, 5.41) is 23.4. The lowest BCUT2D eigenvalue weighted by Crippen LogP contribution is -2.23. The van der Waals surface area contributed by atoms with Crippen molar-refractivity contribution in [2.75, 3.05) is 13.2 Å². The molecule has 0 radical (unpaired) electrons. The number of hydrogen-bond acceptors (Lipinski definition) is 6. The number of nitro groups is 1. The van der Waals surface area contributed by atoms with E-state index in [-0.39, 0.29) is 23.5 Å². The van der Waals surface area contributed by atoms with Gasteiger partial charge in [0.25, 0.3) is 11.6 Å². The minimum atomic E-state index is -0.558. The number of hydrogen-bond donors (Lipinski definition) is 2. The van der Waals surface area contributed by atoms with Crippen LogP contribution in [0, 0.1) is 10.1 Å². The molecule has 28 heavy (non-hydrogen) atoms. The van der Waals surface area contributed by atoms with Gasteiger partial charge in [-0.1, -0.05) is 13.8 Å². The molecule has 0 unspecified atom stereocenters. The Morgan fingerprint density at radius 3 is 2.39 bits per heavy atom. The molecule has 0 aliphatic heterocycles. The predicted molar refractivity (Wildman–Crippen MR) is 104 cm³/mol. The lowest BCUT2D eigenvalue weighted by atomic mass is 10.1. The minimum Gasteiger partial charge on any atom is -0.508 e. The summed E-state index contributed by atoms with van der Waals surface area (Å²) in [5.74, 6) is 0.541. The van der Waals surface area contributed by atoms with Crippen molar-refractivity contribution in [3.05, 3.63) is 57.6 Å². The summed E-state index contributed by atoms with van der Waals surface area (Å²) >= 11 is 0. The quantitative estimate of drug-likeness (QED) is 0.473. The first-order chi connectivity index (χ1) is 13.5. The fourth-order valence-electron chi connectivity index (χ4n) is 2.41. The fraction of sp³-hybridized carbons (Fsp3) is 0.350. The van der Waals surface area contributed by atoms with Crippen LogP contribution < -0.4 is 14.8 Å². The van der Waals surface area contributed by atoms with Crippen LogP contribution in [-0.4, -0.2) is 29.2 Å². The van der Waals surface area contributed by atoms with Gasteiger partial charge in [0.05, 0.1) is 18.1 Å². The average molecular weight is 388 g/mol. The maximum atomic E-state index is 12.5. The van der Waals surface area contributed by atoms with Gasteiger partial charge in [-0.05, 0) is 37.1 Å². The zero-order valence-corrected chi connectivity index (χ0v) is 15.9. The van der Waals surface area contributed by atoms with E-state index in [1.165, 1.54) is 18.2 Å². The minimum absolute atomic E-state index is 0.0500. The number of carbonyl (C=O) groups is 1. The summed E-state index contributed by atoms with van der Waals surface area (Å²) in [6.45, 7) is 4.97. The van der Waals surface area contributed by atoms with E-state index in [1.54, 1.807) is 18.2 Å². The summed E-state index contributed by atoms with van der Waals surface area (Å²) in [5.41, 5.74) is 0.461. The molecule has 1 amide bonds. The second kappa shape index (κ2) is 10.1. The lowest BCUT2D eigenvalue weighted by molar-refractivity contribution is -0.384. The van der Waals surface area contributed by atoms with Crippen LogP contribution >= 0.6 is 0 Å². The molecular formula is C20H24N2O6. The number of phenolic OH excluding ortho intramolecular Hbond substituents is 1. The molecule has 2 N–H and O–H groups in total. The zero-order valence-electron chi connectivity index (χ0n) is 15.9. The van der Waals surface area contributed by atoms with E-state index in [4.69, 9.17) is 9.47 Å². The molecular weight excluding hydrogens is 364 g/mol. The highest BCUT2D eigenvalue weighted by Crippen LogP contribution is 2.29. The van der Waals surface area contributed by atoms with Gasteiger partial charge in [-0.2, -0.15) is 0 Å².